The fraction of sp³-hybridized carbons (Fsp3) is 0.500. The summed E-state index contributed by atoms with van der Waals surface area (Å²) in [6.45, 7) is 8.40. The lowest BCUT2D eigenvalue weighted by atomic mass is 9.94. The zero-order valence-electron chi connectivity index (χ0n) is 15.8. The van der Waals surface area contributed by atoms with E-state index in [4.69, 9.17) is 0 Å². The Morgan fingerprint density at radius 3 is 2.44 bits per heavy atom. The molecule has 1 fully saturated rings. The van der Waals surface area contributed by atoms with Crippen molar-refractivity contribution in [3.63, 3.8) is 0 Å². The predicted octanol–water partition coefficient (Wildman–Crippen LogP) is 4.34. The Labute approximate surface area is 157 Å². The van der Waals surface area contributed by atoms with Crippen molar-refractivity contribution in [2.75, 3.05) is 31.1 Å². The van der Waals surface area contributed by atoms with Gasteiger partial charge in [-0.3, -0.25) is 9.78 Å². The van der Waals surface area contributed by atoms with E-state index in [-0.39, 0.29) is 5.91 Å². The maximum absolute atomic E-state index is 13.0. The first-order valence-corrected chi connectivity index (χ1v) is 9.08. The number of benzene rings is 1. The number of carbonyl (C=O) groups excluding carboxylic acids is 1. The molecule has 0 spiro atoms. The third-order valence-corrected chi connectivity index (χ3v) is 4.81. The molecule has 1 saturated heterocycles. The molecule has 0 saturated carbocycles. The lowest BCUT2D eigenvalue weighted by Gasteiger charge is -2.29. The maximum atomic E-state index is 13.0. The smallest absolute Gasteiger partial charge is 0.369 e. The van der Waals surface area contributed by atoms with Crippen molar-refractivity contribution in [1.29, 1.82) is 0 Å². The number of hydrogen-bond acceptors (Lipinski definition) is 3. The van der Waals surface area contributed by atoms with Crippen molar-refractivity contribution in [3.05, 3.63) is 36.0 Å². The summed E-state index contributed by atoms with van der Waals surface area (Å²) >= 11 is 0. The molecule has 0 atom stereocenters. The van der Waals surface area contributed by atoms with Crippen molar-refractivity contribution in [3.8, 4) is 0 Å². The number of anilines is 1. The van der Waals surface area contributed by atoms with E-state index in [2.05, 4.69) is 9.88 Å². The summed E-state index contributed by atoms with van der Waals surface area (Å²) in [7, 11) is 0. The Bertz CT molecular complexity index is 842. The molecule has 7 heteroatoms. The molecule has 0 unspecified atom stereocenters. The normalized spacial score (nSPS) is 16.5. The molecule has 1 aliphatic heterocycles. The van der Waals surface area contributed by atoms with Gasteiger partial charge in [-0.2, -0.15) is 13.2 Å². The zero-order chi connectivity index (χ0) is 19.8. The summed E-state index contributed by atoms with van der Waals surface area (Å²) in [6, 6.07) is 5.51. The number of pyridine rings is 1. The van der Waals surface area contributed by atoms with Crippen LogP contribution >= 0.6 is 0 Å². The molecule has 1 aromatic heterocycles. The minimum Gasteiger partial charge on any atom is -0.369 e. The molecule has 1 aromatic carbocycles. The Balaban J connectivity index is 1.86. The van der Waals surface area contributed by atoms with Gasteiger partial charge in [0.2, 0.25) is 5.91 Å². The average molecular weight is 379 g/mol. The lowest BCUT2D eigenvalue weighted by Crippen LogP contribution is -2.41. The number of fused-ring (bicyclic) bond motifs is 1. The Morgan fingerprint density at radius 1 is 1.04 bits per heavy atom. The monoisotopic (exact) mass is 379 g/mol. The van der Waals surface area contributed by atoms with Gasteiger partial charge in [0, 0.05) is 48.9 Å². The van der Waals surface area contributed by atoms with Gasteiger partial charge in [-0.05, 0) is 24.6 Å². The van der Waals surface area contributed by atoms with E-state index in [1.807, 2.05) is 31.7 Å². The lowest BCUT2D eigenvalue weighted by molar-refractivity contribution is -0.139. The molecule has 27 heavy (non-hydrogen) atoms. The number of halogens is 3. The minimum atomic E-state index is -4.39. The van der Waals surface area contributed by atoms with Crippen LogP contribution in [0.2, 0.25) is 0 Å². The van der Waals surface area contributed by atoms with Crippen LogP contribution in [0.1, 0.15) is 32.8 Å². The average Bonchev–Trinajstić information content (AvgIpc) is 2.84. The quantitative estimate of drug-likeness (QED) is 0.740. The van der Waals surface area contributed by atoms with Crippen LogP contribution in [0, 0.1) is 5.41 Å². The van der Waals surface area contributed by atoms with Gasteiger partial charge in [-0.25, -0.2) is 0 Å². The standard InChI is InChI=1S/C20H24F3N3O/c1-19(2,3)18(27)26-10-4-9-25(11-12-26)17-7-8-24-16-13-14(20(21,22)23)5-6-15(16)17/h5-8,13H,4,9-12H2,1-3H3. The number of nitrogens with zero attached hydrogens (tertiary/aromatic N) is 3. The van der Waals surface area contributed by atoms with Crippen molar-refractivity contribution in [2.24, 2.45) is 5.41 Å². The molecule has 1 amide bonds. The number of aromatic nitrogens is 1. The van der Waals surface area contributed by atoms with Crippen LogP contribution in [0.5, 0.6) is 0 Å². The van der Waals surface area contributed by atoms with Gasteiger partial charge in [0.1, 0.15) is 0 Å². The van der Waals surface area contributed by atoms with E-state index in [1.54, 1.807) is 6.20 Å². The SMILES string of the molecule is CC(C)(C)C(=O)N1CCCN(c2ccnc3cc(C(F)(F)F)ccc23)CC1. The van der Waals surface area contributed by atoms with Crippen molar-refractivity contribution in [2.45, 2.75) is 33.4 Å². The van der Waals surface area contributed by atoms with Gasteiger partial charge < -0.3 is 9.80 Å². The van der Waals surface area contributed by atoms with Gasteiger partial charge in [0.25, 0.3) is 0 Å². The van der Waals surface area contributed by atoms with E-state index < -0.39 is 17.2 Å². The molecule has 146 valence electrons. The number of carbonyl (C=O) groups is 1. The van der Waals surface area contributed by atoms with E-state index in [0.717, 1.165) is 30.8 Å². The summed E-state index contributed by atoms with van der Waals surface area (Å²) in [5, 5.41) is 0.695. The second-order valence-electron chi connectivity index (χ2n) is 7.94. The molecular weight excluding hydrogens is 355 g/mol. The summed E-state index contributed by atoms with van der Waals surface area (Å²) in [4.78, 5) is 20.7. The second kappa shape index (κ2) is 7.02. The Kier molecular flexibility index (Phi) is 5.06. The highest BCUT2D eigenvalue weighted by Gasteiger charge is 2.31. The first kappa shape index (κ1) is 19.5. The van der Waals surface area contributed by atoms with E-state index >= 15 is 0 Å². The fourth-order valence-corrected chi connectivity index (χ4v) is 3.42. The fourth-order valence-electron chi connectivity index (χ4n) is 3.42. The second-order valence-corrected chi connectivity index (χ2v) is 7.94. The molecule has 4 nitrogen and oxygen atoms in total. The van der Waals surface area contributed by atoms with E-state index in [9.17, 15) is 18.0 Å². The summed E-state index contributed by atoms with van der Waals surface area (Å²) in [5.74, 6) is 0.124. The molecular formula is C20H24F3N3O. The van der Waals surface area contributed by atoms with Crippen molar-refractivity contribution in [1.82, 2.24) is 9.88 Å². The molecule has 0 radical (unpaired) electrons. The Hall–Kier alpha value is -2.31. The number of rotatable bonds is 1. The third-order valence-electron chi connectivity index (χ3n) is 4.81. The van der Waals surface area contributed by atoms with Gasteiger partial charge >= 0.3 is 6.18 Å². The van der Waals surface area contributed by atoms with Gasteiger partial charge in [-0.1, -0.05) is 26.8 Å². The van der Waals surface area contributed by atoms with Gasteiger partial charge in [0.05, 0.1) is 11.1 Å². The summed E-state index contributed by atoms with van der Waals surface area (Å²) in [6.07, 6.45) is -2.03. The van der Waals surface area contributed by atoms with E-state index in [1.165, 1.54) is 6.07 Å². The minimum absolute atomic E-state index is 0.124. The Morgan fingerprint density at radius 2 is 1.78 bits per heavy atom. The zero-order valence-corrected chi connectivity index (χ0v) is 15.8. The summed E-state index contributed by atoms with van der Waals surface area (Å²) in [5.41, 5.74) is 0.0671. The van der Waals surface area contributed by atoms with Crippen LogP contribution in [0.25, 0.3) is 10.9 Å². The highest BCUT2D eigenvalue weighted by atomic mass is 19.4. The predicted molar refractivity (Wildman–Crippen MR) is 99.6 cm³/mol. The maximum Gasteiger partial charge on any atom is 0.416 e. The highest BCUT2D eigenvalue weighted by molar-refractivity contribution is 5.92. The summed E-state index contributed by atoms with van der Waals surface area (Å²) < 4.78 is 38.9. The largest absolute Gasteiger partial charge is 0.416 e. The van der Waals surface area contributed by atoms with Gasteiger partial charge in [-0.15, -0.1) is 0 Å². The molecule has 2 heterocycles. The molecule has 0 bridgehead atoms. The molecule has 2 aromatic rings. The third kappa shape index (κ3) is 4.17. The van der Waals surface area contributed by atoms with Crippen LogP contribution in [0.15, 0.2) is 30.5 Å². The van der Waals surface area contributed by atoms with Crippen LogP contribution in [0.4, 0.5) is 18.9 Å². The van der Waals surface area contributed by atoms with Gasteiger partial charge in [0.15, 0.2) is 0 Å². The molecule has 3 rings (SSSR count). The van der Waals surface area contributed by atoms with Crippen LogP contribution in [-0.2, 0) is 11.0 Å². The van der Waals surface area contributed by atoms with Crippen molar-refractivity contribution < 1.29 is 18.0 Å². The first-order valence-electron chi connectivity index (χ1n) is 9.08. The highest BCUT2D eigenvalue weighted by Crippen LogP contribution is 2.34. The number of alkyl halides is 3. The topological polar surface area (TPSA) is 36.4 Å². The molecule has 1 aliphatic rings. The van der Waals surface area contributed by atoms with Crippen molar-refractivity contribution >= 4 is 22.5 Å². The van der Waals surface area contributed by atoms with Crippen LogP contribution < -0.4 is 4.90 Å². The molecule has 0 aliphatic carbocycles. The number of hydrogen-bond donors (Lipinski definition) is 0. The van der Waals surface area contributed by atoms with Crippen LogP contribution in [0.3, 0.4) is 0 Å². The molecule has 0 N–H and O–H groups in total. The van der Waals surface area contributed by atoms with Crippen LogP contribution in [-0.4, -0.2) is 42.0 Å². The first-order chi connectivity index (χ1) is 12.6. The van der Waals surface area contributed by atoms with E-state index in [0.29, 0.717) is 30.5 Å². The number of amides is 1.